The summed E-state index contributed by atoms with van der Waals surface area (Å²) in [7, 11) is 0. The number of pyridine rings is 1. The van der Waals surface area contributed by atoms with Gasteiger partial charge in [-0.1, -0.05) is 66.2 Å². The van der Waals surface area contributed by atoms with Crippen LogP contribution in [0.5, 0.6) is 0 Å². The number of benzene rings is 2. The molecule has 2 aromatic carbocycles. The predicted molar refractivity (Wildman–Crippen MR) is 135 cm³/mol. The number of aryl methyl sites for hydroxylation is 1. The molecule has 4 nitrogen and oxygen atoms in total. The first-order chi connectivity index (χ1) is 16.1. The number of aromatic nitrogens is 1. The zero-order chi connectivity index (χ0) is 23.1. The molecule has 2 heterocycles. The maximum Gasteiger partial charge on any atom is 0.226 e. The van der Waals surface area contributed by atoms with Crippen LogP contribution in [0.3, 0.4) is 0 Å². The minimum atomic E-state index is -0.394. The van der Waals surface area contributed by atoms with Crippen LogP contribution >= 0.6 is 0 Å². The lowest BCUT2D eigenvalue weighted by molar-refractivity contribution is -0.133. The number of nitrogens with zero attached hydrogens (tertiary/aromatic N) is 2. The highest BCUT2D eigenvalue weighted by atomic mass is 16.2. The average Bonchev–Trinajstić information content (AvgIpc) is 2.85. The average molecular weight is 440 g/mol. The Morgan fingerprint density at radius 2 is 1.85 bits per heavy atom. The largest absolute Gasteiger partial charge is 0.352 e. The summed E-state index contributed by atoms with van der Waals surface area (Å²) in [6.45, 7) is 8.98. The molecular formula is C29H33N3O. The van der Waals surface area contributed by atoms with Crippen LogP contribution < -0.4 is 5.32 Å². The lowest BCUT2D eigenvalue weighted by atomic mass is 9.72. The Bertz CT molecular complexity index is 1070. The highest BCUT2D eigenvalue weighted by Crippen LogP contribution is 2.36. The second kappa shape index (κ2) is 10.6. The maximum absolute atomic E-state index is 13.3. The van der Waals surface area contributed by atoms with Crippen LogP contribution in [0.4, 0.5) is 0 Å². The van der Waals surface area contributed by atoms with E-state index in [-0.39, 0.29) is 5.91 Å². The molecule has 0 atom stereocenters. The third-order valence-corrected chi connectivity index (χ3v) is 6.66. The van der Waals surface area contributed by atoms with Gasteiger partial charge in [-0.15, -0.1) is 6.58 Å². The minimum Gasteiger partial charge on any atom is -0.352 e. The molecule has 1 fully saturated rings. The fourth-order valence-electron chi connectivity index (χ4n) is 4.73. The number of rotatable bonds is 8. The van der Waals surface area contributed by atoms with Crippen LogP contribution in [0.15, 0.2) is 85.6 Å². The zero-order valence-corrected chi connectivity index (χ0v) is 19.5. The normalized spacial score (nSPS) is 15.7. The molecule has 1 N–H and O–H groups in total. The topological polar surface area (TPSA) is 45.2 Å². The summed E-state index contributed by atoms with van der Waals surface area (Å²) in [4.78, 5) is 20.1. The van der Waals surface area contributed by atoms with Crippen LogP contribution in [-0.2, 0) is 17.8 Å². The van der Waals surface area contributed by atoms with Gasteiger partial charge in [-0.25, -0.2) is 0 Å². The second-order valence-electron chi connectivity index (χ2n) is 9.12. The number of amides is 1. The van der Waals surface area contributed by atoms with E-state index in [0.29, 0.717) is 6.54 Å². The van der Waals surface area contributed by atoms with Crippen LogP contribution in [-0.4, -0.2) is 35.4 Å². The van der Waals surface area contributed by atoms with E-state index in [1.807, 2.05) is 18.3 Å². The monoisotopic (exact) mass is 439 g/mol. The molecular weight excluding hydrogens is 406 g/mol. The van der Waals surface area contributed by atoms with E-state index in [1.165, 1.54) is 22.3 Å². The summed E-state index contributed by atoms with van der Waals surface area (Å²) in [6, 6.07) is 23.3. The molecule has 0 radical (unpaired) electrons. The molecule has 170 valence electrons. The highest BCUT2D eigenvalue weighted by Gasteiger charge is 2.41. The Morgan fingerprint density at radius 3 is 2.52 bits per heavy atom. The van der Waals surface area contributed by atoms with Crippen LogP contribution in [0, 0.1) is 12.3 Å². The molecule has 0 aliphatic carbocycles. The van der Waals surface area contributed by atoms with Gasteiger partial charge in [0.05, 0.1) is 11.1 Å². The summed E-state index contributed by atoms with van der Waals surface area (Å²) < 4.78 is 0. The first kappa shape index (κ1) is 22.9. The molecule has 33 heavy (non-hydrogen) atoms. The van der Waals surface area contributed by atoms with Gasteiger partial charge >= 0.3 is 0 Å². The van der Waals surface area contributed by atoms with E-state index >= 15 is 0 Å². The Kier molecular flexibility index (Phi) is 7.36. The molecule has 0 unspecified atom stereocenters. The standard InChI is InChI=1S/C29H33N3O/c1-3-16-31-28(33)29(14-18-32(19-15-29)22-27-9-4-5-17-30-27)21-24-10-12-25(13-11-24)26-8-6-7-23(2)20-26/h3-13,17,20H,1,14-16,18-19,21-22H2,2H3,(H,31,33). The summed E-state index contributed by atoms with van der Waals surface area (Å²) in [5, 5.41) is 3.08. The van der Waals surface area contributed by atoms with Gasteiger partial charge in [0.15, 0.2) is 0 Å². The number of nitrogens with one attached hydrogen (secondary N) is 1. The van der Waals surface area contributed by atoms with Crippen molar-refractivity contribution in [2.24, 2.45) is 5.41 Å². The molecule has 1 saturated heterocycles. The number of hydrogen-bond donors (Lipinski definition) is 1. The summed E-state index contributed by atoms with van der Waals surface area (Å²) in [5.41, 5.74) is 5.58. The van der Waals surface area contributed by atoms with Crippen molar-refractivity contribution < 1.29 is 4.79 Å². The molecule has 4 rings (SSSR count). The molecule has 1 amide bonds. The Morgan fingerprint density at radius 1 is 1.06 bits per heavy atom. The number of piperidine rings is 1. The molecule has 1 aliphatic rings. The van der Waals surface area contributed by atoms with Gasteiger partial charge in [-0.3, -0.25) is 14.7 Å². The molecule has 0 saturated carbocycles. The van der Waals surface area contributed by atoms with E-state index in [0.717, 1.165) is 44.6 Å². The molecule has 0 bridgehead atoms. The van der Waals surface area contributed by atoms with Gasteiger partial charge in [-0.2, -0.15) is 0 Å². The number of carbonyl (C=O) groups is 1. The molecule has 0 spiro atoms. The highest BCUT2D eigenvalue weighted by molar-refractivity contribution is 5.83. The predicted octanol–water partition coefficient (Wildman–Crippen LogP) is 5.18. The fourth-order valence-corrected chi connectivity index (χ4v) is 4.73. The summed E-state index contributed by atoms with van der Waals surface area (Å²) in [5.74, 6) is 0.141. The van der Waals surface area contributed by atoms with Crippen LogP contribution in [0.25, 0.3) is 11.1 Å². The summed E-state index contributed by atoms with van der Waals surface area (Å²) in [6.07, 6.45) is 6.01. The van der Waals surface area contributed by atoms with Crippen molar-refractivity contribution in [1.29, 1.82) is 0 Å². The first-order valence-corrected chi connectivity index (χ1v) is 11.8. The number of hydrogen-bond acceptors (Lipinski definition) is 3. The number of likely N-dealkylation sites (tertiary alicyclic amines) is 1. The molecule has 3 aromatic rings. The lowest BCUT2D eigenvalue weighted by Gasteiger charge is -2.40. The third-order valence-electron chi connectivity index (χ3n) is 6.66. The van der Waals surface area contributed by atoms with Crippen molar-refractivity contribution in [3.63, 3.8) is 0 Å². The van der Waals surface area contributed by atoms with Crippen LogP contribution in [0.1, 0.15) is 29.7 Å². The van der Waals surface area contributed by atoms with Gasteiger partial charge < -0.3 is 5.32 Å². The van der Waals surface area contributed by atoms with Gasteiger partial charge in [0.2, 0.25) is 5.91 Å². The summed E-state index contributed by atoms with van der Waals surface area (Å²) >= 11 is 0. The van der Waals surface area contributed by atoms with Crippen molar-refractivity contribution in [3.05, 3.63) is 102 Å². The molecule has 1 aliphatic heterocycles. The van der Waals surface area contributed by atoms with Gasteiger partial charge in [0.25, 0.3) is 0 Å². The Hall–Kier alpha value is -3.24. The minimum absolute atomic E-state index is 0.141. The van der Waals surface area contributed by atoms with E-state index in [4.69, 9.17) is 0 Å². The van der Waals surface area contributed by atoms with Crippen molar-refractivity contribution in [1.82, 2.24) is 15.2 Å². The fraction of sp³-hybridized carbons (Fsp3) is 0.310. The SMILES string of the molecule is C=CCNC(=O)C1(Cc2ccc(-c3cccc(C)c3)cc2)CCN(Cc2ccccn2)CC1. The van der Waals surface area contributed by atoms with E-state index < -0.39 is 5.41 Å². The molecule has 4 heteroatoms. The Labute approximate surface area is 197 Å². The molecule has 1 aromatic heterocycles. The smallest absolute Gasteiger partial charge is 0.226 e. The first-order valence-electron chi connectivity index (χ1n) is 11.8. The Balaban J connectivity index is 1.48. The second-order valence-corrected chi connectivity index (χ2v) is 9.12. The van der Waals surface area contributed by atoms with Gasteiger partial charge in [0, 0.05) is 19.3 Å². The third kappa shape index (κ3) is 5.77. The van der Waals surface area contributed by atoms with Crippen molar-refractivity contribution in [2.75, 3.05) is 19.6 Å². The van der Waals surface area contributed by atoms with Gasteiger partial charge in [0.1, 0.15) is 0 Å². The maximum atomic E-state index is 13.3. The van der Waals surface area contributed by atoms with Gasteiger partial charge in [-0.05, 0) is 68.1 Å². The quantitative estimate of drug-likeness (QED) is 0.492. The van der Waals surface area contributed by atoms with Crippen molar-refractivity contribution in [3.8, 4) is 11.1 Å². The number of carbonyl (C=O) groups excluding carboxylic acids is 1. The van der Waals surface area contributed by atoms with Crippen LogP contribution in [0.2, 0.25) is 0 Å². The van der Waals surface area contributed by atoms with E-state index in [1.54, 1.807) is 6.08 Å². The van der Waals surface area contributed by atoms with E-state index in [2.05, 4.69) is 83.3 Å². The zero-order valence-electron chi connectivity index (χ0n) is 19.5. The lowest BCUT2D eigenvalue weighted by Crippen LogP contribution is -2.50. The van der Waals surface area contributed by atoms with E-state index in [9.17, 15) is 4.79 Å². The van der Waals surface area contributed by atoms with Crippen molar-refractivity contribution >= 4 is 5.91 Å². The van der Waals surface area contributed by atoms with Crippen molar-refractivity contribution in [2.45, 2.75) is 32.7 Å².